The van der Waals surface area contributed by atoms with Gasteiger partial charge in [0.1, 0.15) is 17.5 Å². The predicted molar refractivity (Wildman–Crippen MR) is 76.5 cm³/mol. The van der Waals surface area contributed by atoms with Gasteiger partial charge in [-0.1, -0.05) is 13.8 Å². The second-order valence-electron chi connectivity index (χ2n) is 3.98. The zero-order valence-electron chi connectivity index (χ0n) is 10.9. The summed E-state index contributed by atoms with van der Waals surface area (Å²) in [7, 11) is 0. The highest BCUT2D eigenvalue weighted by Gasteiger charge is 2.05. The molecular weight excluding hydrogens is 232 g/mol. The summed E-state index contributed by atoms with van der Waals surface area (Å²) in [6.07, 6.45) is 1.93. The Morgan fingerprint density at radius 2 is 2.18 bits per heavy atom. The van der Waals surface area contributed by atoms with Gasteiger partial charge < -0.3 is 11.1 Å². The molecule has 0 saturated heterocycles. The SMILES string of the molecule is CCSCCC(C)Nc1cc(N)nc(CC)n1. The number of rotatable bonds is 7. The van der Waals surface area contributed by atoms with E-state index >= 15 is 0 Å². The normalized spacial score (nSPS) is 12.4. The third-order valence-electron chi connectivity index (χ3n) is 2.40. The first-order chi connectivity index (χ1) is 8.15. The third-order valence-corrected chi connectivity index (χ3v) is 3.33. The number of aromatic nitrogens is 2. The Morgan fingerprint density at radius 3 is 2.82 bits per heavy atom. The molecule has 0 radical (unpaired) electrons. The molecule has 0 bridgehead atoms. The van der Waals surface area contributed by atoms with Crippen LogP contribution in [0.5, 0.6) is 0 Å². The summed E-state index contributed by atoms with van der Waals surface area (Å²) < 4.78 is 0. The Morgan fingerprint density at radius 1 is 1.41 bits per heavy atom. The molecular formula is C12H22N4S. The van der Waals surface area contributed by atoms with Crippen molar-refractivity contribution >= 4 is 23.4 Å². The number of nitrogen functional groups attached to an aromatic ring is 1. The summed E-state index contributed by atoms with van der Waals surface area (Å²) in [5.74, 6) is 4.51. The fraction of sp³-hybridized carbons (Fsp3) is 0.667. The maximum atomic E-state index is 5.74. The van der Waals surface area contributed by atoms with Crippen molar-refractivity contribution in [3.63, 3.8) is 0 Å². The van der Waals surface area contributed by atoms with Gasteiger partial charge in [0.25, 0.3) is 0 Å². The lowest BCUT2D eigenvalue weighted by Gasteiger charge is -2.14. The highest BCUT2D eigenvalue weighted by Crippen LogP contribution is 2.12. The summed E-state index contributed by atoms with van der Waals surface area (Å²) >= 11 is 1.96. The summed E-state index contributed by atoms with van der Waals surface area (Å²) in [4.78, 5) is 8.57. The Hall–Kier alpha value is -0.970. The standard InChI is InChI=1S/C12H22N4S/c1-4-11-15-10(13)8-12(16-11)14-9(3)6-7-17-5-2/h8-9H,4-7H2,1-3H3,(H3,13,14,15,16). The van der Waals surface area contributed by atoms with Crippen molar-refractivity contribution in [3.8, 4) is 0 Å². The number of hydrogen-bond donors (Lipinski definition) is 2. The van der Waals surface area contributed by atoms with Crippen molar-refractivity contribution in [2.75, 3.05) is 22.6 Å². The molecule has 0 saturated carbocycles. The van der Waals surface area contributed by atoms with E-state index in [2.05, 4.69) is 29.1 Å². The smallest absolute Gasteiger partial charge is 0.132 e. The summed E-state index contributed by atoms with van der Waals surface area (Å²) in [5.41, 5.74) is 5.74. The minimum absolute atomic E-state index is 0.410. The van der Waals surface area contributed by atoms with Crippen LogP contribution in [0.2, 0.25) is 0 Å². The molecule has 17 heavy (non-hydrogen) atoms. The molecule has 0 fully saturated rings. The maximum absolute atomic E-state index is 5.74. The van der Waals surface area contributed by atoms with Gasteiger partial charge in [-0.2, -0.15) is 11.8 Å². The van der Waals surface area contributed by atoms with Gasteiger partial charge >= 0.3 is 0 Å². The maximum Gasteiger partial charge on any atom is 0.132 e. The van der Waals surface area contributed by atoms with Crippen molar-refractivity contribution < 1.29 is 0 Å². The van der Waals surface area contributed by atoms with E-state index in [-0.39, 0.29) is 0 Å². The van der Waals surface area contributed by atoms with Crippen molar-refractivity contribution in [3.05, 3.63) is 11.9 Å². The lowest BCUT2D eigenvalue weighted by Crippen LogP contribution is -2.18. The van der Waals surface area contributed by atoms with Crippen molar-refractivity contribution in [2.24, 2.45) is 0 Å². The number of thioether (sulfide) groups is 1. The Balaban J connectivity index is 2.52. The van der Waals surface area contributed by atoms with Crippen LogP contribution < -0.4 is 11.1 Å². The van der Waals surface area contributed by atoms with E-state index in [4.69, 9.17) is 5.73 Å². The molecule has 4 nitrogen and oxygen atoms in total. The molecule has 1 atom stereocenters. The molecule has 0 aliphatic rings. The molecule has 96 valence electrons. The zero-order chi connectivity index (χ0) is 12.7. The number of hydrogen-bond acceptors (Lipinski definition) is 5. The van der Waals surface area contributed by atoms with Crippen LogP contribution in [-0.2, 0) is 6.42 Å². The van der Waals surface area contributed by atoms with E-state index in [1.165, 1.54) is 11.5 Å². The second kappa shape index (κ2) is 7.37. The lowest BCUT2D eigenvalue weighted by molar-refractivity contribution is 0.763. The van der Waals surface area contributed by atoms with E-state index in [9.17, 15) is 0 Å². The molecule has 0 aromatic carbocycles. The first-order valence-electron chi connectivity index (χ1n) is 6.13. The third kappa shape index (κ3) is 5.26. The van der Waals surface area contributed by atoms with Crippen LogP contribution >= 0.6 is 11.8 Å². The Labute approximate surface area is 108 Å². The molecule has 0 spiro atoms. The number of aryl methyl sites for hydroxylation is 1. The van der Waals surface area contributed by atoms with Crippen LogP contribution in [0.4, 0.5) is 11.6 Å². The molecule has 1 aromatic heterocycles. The van der Waals surface area contributed by atoms with E-state index in [0.717, 1.165) is 24.5 Å². The number of nitrogens with one attached hydrogen (secondary N) is 1. The zero-order valence-corrected chi connectivity index (χ0v) is 11.7. The van der Waals surface area contributed by atoms with E-state index < -0.39 is 0 Å². The molecule has 1 rings (SSSR count). The summed E-state index contributed by atoms with van der Waals surface area (Å²) in [5, 5.41) is 3.37. The minimum atomic E-state index is 0.410. The van der Waals surface area contributed by atoms with Gasteiger partial charge in [-0.15, -0.1) is 0 Å². The summed E-state index contributed by atoms with van der Waals surface area (Å²) in [6.45, 7) is 6.38. The Bertz CT molecular complexity index is 343. The first-order valence-corrected chi connectivity index (χ1v) is 7.28. The van der Waals surface area contributed by atoms with Gasteiger partial charge in [0.2, 0.25) is 0 Å². The van der Waals surface area contributed by atoms with Gasteiger partial charge in [-0.3, -0.25) is 0 Å². The van der Waals surface area contributed by atoms with Gasteiger partial charge in [0.05, 0.1) is 0 Å². The lowest BCUT2D eigenvalue weighted by atomic mass is 10.2. The molecule has 5 heteroatoms. The topological polar surface area (TPSA) is 63.8 Å². The number of anilines is 2. The van der Waals surface area contributed by atoms with Crippen LogP contribution in [0.1, 0.15) is 33.0 Å². The highest BCUT2D eigenvalue weighted by molar-refractivity contribution is 7.99. The molecule has 0 amide bonds. The average molecular weight is 254 g/mol. The van der Waals surface area contributed by atoms with Crippen LogP contribution in [0.25, 0.3) is 0 Å². The van der Waals surface area contributed by atoms with Crippen LogP contribution in [0.3, 0.4) is 0 Å². The number of nitrogens with two attached hydrogens (primary N) is 1. The van der Waals surface area contributed by atoms with Gasteiger partial charge in [-0.05, 0) is 24.9 Å². The first kappa shape index (κ1) is 14.1. The van der Waals surface area contributed by atoms with Gasteiger partial charge in [-0.25, -0.2) is 9.97 Å². The van der Waals surface area contributed by atoms with Crippen molar-refractivity contribution in [1.82, 2.24) is 9.97 Å². The summed E-state index contributed by atoms with van der Waals surface area (Å²) in [6, 6.07) is 2.20. The average Bonchev–Trinajstić information content (AvgIpc) is 2.28. The van der Waals surface area contributed by atoms with Crippen LogP contribution in [0, 0.1) is 0 Å². The monoisotopic (exact) mass is 254 g/mol. The molecule has 0 aliphatic heterocycles. The second-order valence-corrected chi connectivity index (χ2v) is 5.37. The van der Waals surface area contributed by atoms with E-state index in [1.807, 2.05) is 18.7 Å². The van der Waals surface area contributed by atoms with Gasteiger partial charge in [0, 0.05) is 18.5 Å². The van der Waals surface area contributed by atoms with E-state index in [1.54, 1.807) is 6.07 Å². The van der Waals surface area contributed by atoms with Crippen molar-refractivity contribution in [2.45, 2.75) is 39.7 Å². The molecule has 1 aromatic rings. The minimum Gasteiger partial charge on any atom is -0.384 e. The predicted octanol–water partition coefficient (Wildman–Crippen LogP) is 2.56. The molecule has 1 heterocycles. The molecule has 0 aliphatic carbocycles. The number of nitrogens with zero attached hydrogens (tertiary/aromatic N) is 2. The molecule has 1 unspecified atom stereocenters. The Kier molecular flexibility index (Phi) is 6.11. The van der Waals surface area contributed by atoms with Crippen molar-refractivity contribution in [1.29, 1.82) is 0 Å². The fourth-order valence-electron chi connectivity index (χ4n) is 1.48. The van der Waals surface area contributed by atoms with Crippen LogP contribution in [-0.4, -0.2) is 27.5 Å². The largest absolute Gasteiger partial charge is 0.384 e. The highest BCUT2D eigenvalue weighted by atomic mass is 32.2. The molecule has 3 N–H and O–H groups in total. The fourth-order valence-corrected chi connectivity index (χ4v) is 2.29. The van der Waals surface area contributed by atoms with Crippen LogP contribution in [0.15, 0.2) is 6.07 Å². The van der Waals surface area contributed by atoms with Gasteiger partial charge in [0.15, 0.2) is 0 Å². The van der Waals surface area contributed by atoms with E-state index in [0.29, 0.717) is 11.9 Å². The quantitative estimate of drug-likeness (QED) is 0.732.